The van der Waals surface area contributed by atoms with Crippen LogP contribution in [0.1, 0.15) is 22.9 Å². The quantitative estimate of drug-likeness (QED) is 0.201. The number of hydrogen-bond donors (Lipinski definition) is 1. The zero-order valence-corrected chi connectivity index (χ0v) is 27.6. The van der Waals surface area contributed by atoms with E-state index in [0.29, 0.717) is 5.84 Å². The van der Waals surface area contributed by atoms with Gasteiger partial charge >= 0.3 is 0 Å². The minimum atomic E-state index is -0.294. The van der Waals surface area contributed by atoms with Crippen molar-refractivity contribution in [3.8, 4) is 22.3 Å². The molecule has 0 saturated heterocycles. The molecule has 0 fully saturated rings. The Morgan fingerprint density at radius 1 is 0.471 bits per heavy atom. The highest BCUT2D eigenvalue weighted by Gasteiger charge is 2.25. The highest BCUT2D eigenvalue weighted by molar-refractivity contribution is 6.26. The summed E-state index contributed by atoms with van der Waals surface area (Å²) in [6.45, 7) is 0. The number of fused-ring (bicyclic) bond motifs is 6. The van der Waals surface area contributed by atoms with Crippen molar-refractivity contribution < 1.29 is 4.42 Å². The lowest BCUT2D eigenvalue weighted by Crippen LogP contribution is -2.33. The number of hydrogen-bond acceptors (Lipinski definition) is 4. The van der Waals surface area contributed by atoms with Crippen molar-refractivity contribution in [3.63, 3.8) is 0 Å². The molecule has 4 heteroatoms. The van der Waals surface area contributed by atoms with Gasteiger partial charge in [-0.25, -0.2) is 9.98 Å². The van der Waals surface area contributed by atoms with Crippen molar-refractivity contribution in [2.75, 3.05) is 0 Å². The first-order chi connectivity index (χ1) is 25.2. The second-order valence-electron chi connectivity index (χ2n) is 13.0. The molecule has 0 saturated carbocycles. The molecular weight excluding hydrogens is 623 g/mol. The van der Waals surface area contributed by atoms with Crippen molar-refractivity contribution in [1.29, 1.82) is 0 Å². The summed E-state index contributed by atoms with van der Waals surface area (Å²) in [7, 11) is 0. The number of nitrogens with zero attached hydrogens (tertiary/aromatic N) is 2. The van der Waals surface area contributed by atoms with Gasteiger partial charge in [0.05, 0.1) is 0 Å². The largest absolute Gasteiger partial charge is 0.455 e. The fourth-order valence-corrected chi connectivity index (χ4v) is 7.31. The maximum atomic E-state index is 6.80. The Bertz CT molecular complexity index is 2820. The Hall–Kier alpha value is -6.78. The molecule has 8 aromatic carbocycles. The summed E-state index contributed by atoms with van der Waals surface area (Å²) in [5, 5.41) is 10.4. The van der Waals surface area contributed by atoms with Crippen LogP contribution in [-0.4, -0.2) is 11.7 Å². The summed E-state index contributed by atoms with van der Waals surface area (Å²) in [6, 6.07) is 61.7. The average molecular weight is 654 g/mol. The van der Waals surface area contributed by atoms with E-state index in [-0.39, 0.29) is 6.17 Å². The molecule has 4 nitrogen and oxygen atoms in total. The molecule has 1 N–H and O–H groups in total. The van der Waals surface area contributed by atoms with Crippen LogP contribution in [0.4, 0.5) is 0 Å². The maximum absolute atomic E-state index is 6.80. The molecule has 1 aliphatic heterocycles. The summed E-state index contributed by atoms with van der Waals surface area (Å²) in [5.74, 6) is 1.46. The van der Waals surface area contributed by atoms with Crippen molar-refractivity contribution in [3.05, 3.63) is 193 Å². The van der Waals surface area contributed by atoms with Crippen molar-refractivity contribution in [2.45, 2.75) is 6.17 Å². The standard InChI is InChI=1S/C47H31N3O/c1-3-12-33(13-4-1)45-48-46(34-14-5-2-6-15-34)50-47(49-45)41-28-38-17-9-10-18-39(38)44-43(41)40-26-25-37(29-42(40)51-44)32-21-19-31(20-22-32)36-24-23-30-11-7-8-16-35(30)27-36/h1-29,45H,(H,48,49,50). The molecule has 0 aliphatic carbocycles. The van der Waals surface area contributed by atoms with E-state index in [1.807, 2.05) is 36.4 Å². The van der Waals surface area contributed by atoms with Gasteiger partial charge in [0, 0.05) is 27.3 Å². The second-order valence-corrected chi connectivity index (χ2v) is 13.0. The highest BCUT2D eigenvalue weighted by Crippen LogP contribution is 2.39. The first-order valence-electron chi connectivity index (χ1n) is 17.3. The SMILES string of the molecule is c1ccc(C2=NC(c3ccccc3)NC(c3cc4ccccc4c4oc5cc(-c6ccc(-c7ccc8ccccc8c7)cc6)ccc5c34)=N2)cc1. The van der Waals surface area contributed by atoms with Crippen LogP contribution in [0.2, 0.25) is 0 Å². The third kappa shape index (κ3) is 5.17. The van der Waals surface area contributed by atoms with Crippen molar-refractivity contribution >= 4 is 55.2 Å². The molecule has 0 bridgehead atoms. The molecule has 1 atom stereocenters. The number of benzene rings is 8. The number of aliphatic imine (C=N–C) groups is 2. The fourth-order valence-electron chi connectivity index (χ4n) is 7.31. The number of rotatable bonds is 5. The van der Waals surface area contributed by atoms with Crippen molar-refractivity contribution in [1.82, 2.24) is 5.32 Å². The van der Waals surface area contributed by atoms with Crippen LogP contribution in [0.25, 0.3) is 65.7 Å². The third-order valence-electron chi connectivity index (χ3n) is 9.91. The monoisotopic (exact) mass is 653 g/mol. The molecule has 1 unspecified atom stereocenters. The van der Waals surface area contributed by atoms with E-state index in [9.17, 15) is 0 Å². The van der Waals surface area contributed by atoms with Gasteiger partial charge in [0.2, 0.25) is 0 Å². The van der Waals surface area contributed by atoms with E-state index < -0.39 is 0 Å². The zero-order chi connectivity index (χ0) is 33.7. The van der Waals surface area contributed by atoms with Gasteiger partial charge in [-0.15, -0.1) is 0 Å². The van der Waals surface area contributed by atoms with Gasteiger partial charge in [-0.2, -0.15) is 0 Å². The number of nitrogens with one attached hydrogen (secondary N) is 1. The van der Waals surface area contributed by atoms with Crippen LogP contribution in [-0.2, 0) is 0 Å². The van der Waals surface area contributed by atoms with E-state index >= 15 is 0 Å². The van der Waals surface area contributed by atoms with Crippen LogP contribution < -0.4 is 5.32 Å². The van der Waals surface area contributed by atoms with Gasteiger partial charge in [-0.1, -0.05) is 152 Å². The fraction of sp³-hybridized carbons (Fsp3) is 0.0213. The predicted octanol–water partition coefficient (Wildman–Crippen LogP) is 11.7. The molecule has 10 rings (SSSR count). The lowest BCUT2D eigenvalue weighted by molar-refractivity contribution is 0.671. The summed E-state index contributed by atoms with van der Waals surface area (Å²) >= 11 is 0. The van der Waals surface area contributed by atoms with Gasteiger partial charge in [-0.3, -0.25) is 0 Å². The van der Waals surface area contributed by atoms with Gasteiger partial charge in [-0.05, 0) is 68.2 Å². The minimum absolute atomic E-state index is 0.294. The summed E-state index contributed by atoms with van der Waals surface area (Å²) in [6.07, 6.45) is -0.294. The molecule has 0 radical (unpaired) electrons. The maximum Gasteiger partial charge on any atom is 0.159 e. The summed E-state index contributed by atoms with van der Waals surface area (Å²) in [4.78, 5) is 10.2. The second kappa shape index (κ2) is 12.0. The van der Waals surface area contributed by atoms with Crippen molar-refractivity contribution in [2.24, 2.45) is 9.98 Å². The highest BCUT2D eigenvalue weighted by atomic mass is 16.3. The third-order valence-corrected chi connectivity index (χ3v) is 9.91. The van der Waals surface area contributed by atoms with Crippen LogP contribution in [0.5, 0.6) is 0 Å². The minimum Gasteiger partial charge on any atom is -0.455 e. The Balaban J connectivity index is 1.10. The number of amidine groups is 2. The van der Waals surface area contributed by atoms with E-state index in [2.05, 4.69) is 145 Å². The Labute approximate surface area is 295 Å². The number of furan rings is 1. The Morgan fingerprint density at radius 3 is 1.88 bits per heavy atom. The van der Waals surface area contributed by atoms with Crippen LogP contribution in [0.3, 0.4) is 0 Å². The lowest BCUT2D eigenvalue weighted by Gasteiger charge is -2.24. The molecule has 9 aromatic rings. The molecule has 240 valence electrons. The molecule has 0 amide bonds. The van der Waals surface area contributed by atoms with Crippen LogP contribution >= 0.6 is 0 Å². The molecule has 0 spiro atoms. The predicted molar refractivity (Wildman–Crippen MR) is 211 cm³/mol. The van der Waals surface area contributed by atoms with Gasteiger partial charge < -0.3 is 9.73 Å². The Morgan fingerprint density at radius 2 is 1.10 bits per heavy atom. The Kier molecular flexibility index (Phi) is 6.85. The van der Waals surface area contributed by atoms with E-state index in [0.717, 1.165) is 66.4 Å². The normalized spacial score (nSPS) is 14.5. The summed E-state index contributed by atoms with van der Waals surface area (Å²) in [5.41, 5.74) is 9.37. The summed E-state index contributed by atoms with van der Waals surface area (Å²) < 4.78 is 6.80. The molecular formula is C47H31N3O. The topological polar surface area (TPSA) is 49.9 Å². The molecule has 51 heavy (non-hydrogen) atoms. The first-order valence-corrected chi connectivity index (χ1v) is 17.3. The lowest BCUT2D eigenvalue weighted by atomic mass is 9.96. The van der Waals surface area contributed by atoms with E-state index in [1.54, 1.807) is 0 Å². The molecule has 1 aliphatic rings. The van der Waals surface area contributed by atoms with E-state index in [4.69, 9.17) is 14.4 Å². The van der Waals surface area contributed by atoms with Crippen LogP contribution in [0, 0.1) is 0 Å². The average Bonchev–Trinajstić information content (AvgIpc) is 3.60. The van der Waals surface area contributed by atoms with Gasteiger partial charge in [0.25, 0.3) is 0 Å². The smallest absolute Gasteiger partial charge is 0.159 e. The first kappa shape index (κ1) is 29.2. The van der Waals surface area contributed by atoms with E-state index in [1.165, 1.54) is 21.9 Å². The van der Waals surface area contributed by atoms with Gasteiger partial charge in [0.1, 0.15) is 23.2 Å². The van der Waals surface area contributed by atoms with Gasteiger partial charge in [0.15, 0.2) is 5.84 Å². The van der Waals surface area contributed by atoms with Crippen LogP contribution in [0.15, 0.2) is 190 Å². The molecule has 2 heterocycles. The molecule has 1 aromatic heterocycles. The zero-order valence-electron chi connectivity index (χ0n) is 27.6.